The van der Waals surface area contributed by atoms with Crippen LogP contribution in [0.2, 0.25) is 0 Å². The molecule has 1 heterocycles. The van der Waals surface area contributed by atoms with Gasteiger partial charge in [0.1, 0.15) is 0 Å². The van der Waals surface area contributed by atoms with Crippen molar-refractivity contribution in [2.75, 3.05) is 12.4 Å². The zero-order valence-corrected chi connectivity index (χ0v) is 9.71. The van der Waals surface area contributed by atoms with Gasteiger partial charge in [0.05, 0.1) is 23.4 Å². The first-order valence-corrected chi connectivity index (χ1v) is 6.62. The fourth-order valence-corrected chi connectivity index (χ4v) is 3.18. The summed E-state index contributed by atoms with van der Waals surface area (Å²) in [5.74, 6) is 0.0868. The van der Waals surface area contributed by atoms with Crippen LogP contribution in [0.15, 0.2) is 33.6 Å². The van der Waals surface area contributed by atoms with E-state index in [0.717, 1.165) is 4.47 Å². The summed E-state index contributed by atoms with van der Waals surface area (Å²) < 4.78 is 29.1. The SMILES string of the molecule is O=S(=O)(CC1CO1)c1cccc(Br)c1. The summed E-state index contributed by atoms with van der Waals surface area (Å²) in [7, 11) is -3.17. The van der Waals surface area contributed by atoms with E-state index in [4.69, 9.17) is 4.74 Å². The van der Waals surface area contributed by atoms with Gasteiger partial charge in [0.25, 0.3) is 0 Å². The molecular formula is C9H9BrO3S. The number of halogens is 1. The maximum Gasteiger partial charge on any atom is 0.181 e. The second kappa shape index (κ2) is 3.64. The van der Waals surface area contributed by atoms with Crippen molar-refractivity contribution >= 4 is 25.8 Å². The molecule has 1 aliphatic rings. The topological polar surface area (TPSA) is 46.7 Å². The van der Waals surface area contributed by atoms with Crippen molar-refractivity contribution < 1.29 is 13.2 Å². The van der Waals surface area contributed by atoms with Crippen molar-refractivity contribution in [1.82, 2.24) is 0 Å². The van der Waals surface area contributed by atoms with E-state index in [0.29, 0.717) is 11.5 Å². The maximum atomic E-state index is 11.7. The van der Waals surface area contributed by atoms with Crippen molar-refractivity contribution in [3.05, 3.63) is 28.7 Å². The second-order valence-corrected chi connectivity index (χ2v) is 6.14. The minimum atomic E-state index is -3.17. The lowest BCUT2D eigenvalue weighted by Gasteiger charge is -2.02. The van der Waals surface area contributed by atoms with Gasteiger partial charge in [0.2, 0.25) is 0 Å². The molecule has 1 unspecified atom stereocenters. The molecule has 0 aliphatic carbocycles. The highest BCUT2D eigenvalue weighted by Gasteiger charge is 2.30. The average Bonchev–Trinajstić information content (AvgIpc) is 2.87. The predicted octanol–water partition coefficient (Wildman–Crippen LogP) is 1.62. The van der Waals surface area contributed by atoms with Crippen molar-refractivity contribution in [3.8, 4) is 0 Å². The van der Waals surface area contributed by atoms with Crippen LogP contribution in [0.5, 0.6) is 0 Å². The molecular weight excluding hydrogens is 268 g/mol. The van der Waals surface area contributed by atoms with Crippen molar-refractivity contribution in [2.24, 2.45) is 0 Å². The van der Waals surface area contributed by atoms with Crippen LogP contribution in [0, 0.1) is 0 Å². The summed E-state index contributed by atoms with van der Waals surface area (Å²) in [6, 6.07) is 6.72. The Morgan fingerprint density at radius 3 is 2.79 bits per heavy atom. The number of ether oxygens (including phenoxy) is 1. The molecule has 1 aromatic carbocycles. The molecule has 0 aromatic heterocycles. The quantitative estimate of drug-likeness (QED) is 0.789. The zero-order valence-electron chi connectivity index (χ0n) is 7.31. The van der Waals surface area contributed by atoms with E-state index in [1.54, 1.807) is 24.3 Å². The second-order valence-electron chi connectivity index (χ2n) is 3.19. The van der Waals surface area contributed by atoms with Gasteiger partial charge in [0, 0.05) is 4.47 Å². The average molecular weight is 277 g/mol. The molecule has 0 bridgehead atoms. The standard InChI is InChI=1S/C9H9BrO3S/c10-7-2-1-3-9(4-7)14(11,12)6-8-5-13-8/h1-4,8H,5-6H2. The Labute approximate surface area is 91.1 Å². The molecule has 1 atom stereocenters. The number of hydrogen-bond donors (Lipinski definition) is 0. The highest BCUT2D eigenvalue weighted by molar-refractivity contribution is 9.10. The Morgan fingerprint density at radius 1 is 1.50 bits per heavy atom. The summed E-state index contributed by atoms with van der Waals surface area (Å²) in [5, 5.41) is 0. The van der Waals surface area contributed by atoms with Gasteiger partial charge in [-0.3, -0.25) is 0 Å². The van der Waals surface area contributed by atoms with Gasteiger partial charge in [-0.25, -0.2) is 8.42 Å². The first-order valence-electron chi connectivity index (χ1n) is 4.18. The minimum Gasteiger partial charge on any atom is -0.372 e. The Bertz CT molecular complexity index is 437. The zero-order chi connectivity index (χ0) is 10.2. The Kier molecular flexibility index (Phi) is 2.64. The fourth-order valence-electron chi connectivity index (χ4n) is 1.17. The molecule has 0 spiro atoms. The molecule has 0 radical (unpaired) electrons. The molecule has 0 N–H and O–H groups in total. The molecule has 0 saturated carbocycles. The van der Waals surface area contributed by atoms with Gasteiger partial charge in [-0.15, -0.1) is 0 Å². The van der Waals surface area contributed by atoms with Crippen molar-refractivity contribution in [3.63, 3.8) is 0 Å². The fraction of sp³-hybridized carbons (Fsp3) is 0.333. The molecule has 76 valence electrons. The highest BCUT2D eigenvalue weighted by atomic mass is 79.9. The Hall–Kier alpha value is -0.390. The monoisotopic (exact) mass is 276 g/mol. The molecule has 5 heteroatoms. The highest BCUT2D eigenvalue weighted by Crippen LogP contribution is 2.21. The van der Waals surface area contributed by atoms with E-state index in [-0.39, 0.29) is 11.9 Å². The van der Waals surface area contributed by atoms with E-state index >= 15 is 0 Å². The summed E-state index contributed by atoms with van der Waals surface area (Å²) in [6.07, 6.45) is -0.0982. The van der Waals surface area contributed by atoms with Gasteiger partial charge in [0.15, 0.2) is 9.84 Å². The lowest BCUT2D eigenvalue weighted by atomic mass is 10.4. The Balaban J connectivity index is 2.28. The third-order valence-electron chi connectivity index (χ3n) is 1.96. The van der Waals surface area contributed by atoms with Crippen molar-refractivity contribution in [2.45, 2.75) is 11.0 Å². The number of sulfone groups is 1. The van der Waals surface area contributed by atoms with Crippen LogP contribution in [-0.2, 0) is 14.6 Å². The number of rotatable bonds is 3. The number of benzene rings is 1. The van der Waals surface area contributed by atoms with E-state index < -0.39 is 9.84 Å². The van der Waals surface area contributed by atoms with Crippen molar-refractivity contribution in [1.29, 1.82) is 0 Å². The molecule has 3 nitrogen and oxygen atoms in total. The van der Waals surface area contributed by atoms with Gasteiger partial charge >= 0.3 is 0 Å². The summed E-state index contributed by atoms with van der Waals surface area (Å²) in [5.41, 5.74) is 0. The lowest BCUT2D eigenvalue weighted by molar-refractivity contribution is 0.422. The summed E-state index contributed by atoms with van der Waals surface area (Å²) >= 11 is 3.24. The van der Waals surface area contributed by atoms with Crippen LogP contribution < -0.4 is 0 Å². The first kappa shape index (κ1) is 10.1. The molecule has 1 aromatic rings. The first-order chi connectivity index (χ1) is 6.58. The van der Waals surface area contributed by atoms with E-state index in [1.165, 1.54) is 0 Å². The van der Waals surface area contributed by atoms with Crippen LogP contribution >= 0.6 is 15.9 Å². The number of epoxide rings is 1. The molecule has 1 aliphatic heterocycles. The molecule has 2 rings (SSSR count). The summed E-state index contributed by atoms with van der Waals surface area (Å²) in [4.78, 5) is 0.349. The number of hydrogen-bond acceptors (Lipinski definition) is 3. The third kappa shape index (κ3) is 2.34. The summed E-state index contributed by atoms with van der Waals surface area (Å²) in [6.45, 7) is 0.563. The third-order valence-corrected chi connectivity index (χ3v) is 4.24. The largest absolute Gasteiger partial charge is 0.372 e. The van der Waals surface area contributed by atoms with Crippen LogP contribution in [0.4, 0.5) is 0 Å². The van der Waals surface area contributed by atoms with Gasteiger partial charge in [-0.05, 0) is 18.2 Å². The smallest absolute Gasteiger partial charge is 0.181 e. The van der Waals surface area contributed by atoms with Crippen LogP contribution in [-0.4, -0.2) is 26.9 Å². The lowest BCUT2D eigenvalue weighted by Crippen LogP contribution is -2.11. The van der Waals surface area contributed by atoms with Crippen LogP contribution in [0.1, 0.15) is 0 Å². The van der Waals surface area contributed by atoms with Crippen LogP contribution in [0.3, 0.4) is 0 Å². The minimum absolute atomic E-state index is 0.0868. The molecule has 14 heavy (non-hydrogen) atoms. The predicted molar refractivity (Wildman–Crippen MR) is 55.9 cm³/mol. The van der Waals surface area contributed by atoms with Gasteiger partial charge in [-0.2, -0.15) is 0 Å². The van der Waals surface area contributed by atoms with Gasteiger partial charge < -0.3 is 4.74 Å². The molecule has 1 saturated heterocycles. The molecule has 1 fully saturated rings. The van der Waals surface area contributed by atoms with E-state index in [2.05, 4.69) is 15.9 Å². The van der Waals surface area contributed by atoms with Crippen LogP contribution in [0.25, 0.3) is 0 Å². The molecule has 0 amide bonds. The van der Waals surface area contributed by atoms with Gasteiger partial charge in [-0.1, -0.05) is 22.0 Å². The Morgan fingerprint density at radius 2 is 2.21 bits per heavy atom. The maximum absolute atomic E-state index is 11.7. The normalized spacial score (nSPS) is 20.8. The van der Waals surface area contributed by atoms with E-state index in [1.807, 2.05) is 0 Å². The van der Waals surface area contributed by atoms with E-state index in [9.17, 15) is 8.42 Å².